The Kier molecular flexibility index (Phi) is 6.22. The van der Waals surface area contributed by atoms with Crippen LogP contribution < -0.4 is 16.1 Å². The first-order valence-corrected chi connectivity index (χ1v) is 9.52. The lowest BCUT2D eigenvalue weighted by molar-refractivity contribution is -0.148. The van der Waals surface area contributed by atoms with Crippen LogP contribution in [0, 0.1) is 3.57 Å². The standard InChI is InChI=1S/C19H15IN4O5/c20-11-3-6-14-13(9-11)16(18(27)22-14)23-24-17(26)10-1-4-12(5-2-10)21-8-7-15(25)19(28)29/h1-6,9,21H,7-8H2,(H,24,26)(H,28,29)(H,22,23,27). The molecule has 1 aliphatic heterocycles. The van der Waals surface area contributed by atoms with Crippen LogP contribution in [0.4, 0.5) is 11.4 Å². The third kappa shape index (κ3) is 4.96. The third-order valence-electron chi connectivity index (χ3n) is 4.04. The van der Waals surface area contributed by atoms with Crippen LogP contribution in [0.5, 0.6) is 0 Å². The van der Waals surface area contributed by atoms with Crippen molar-refractivity contribution < 1.29 is 24.3 Å². The summed E-state index contributed by atoms with van der Waals surface area (Å²) in [6.07, 6.45) is -0.141. The lowest BCUT2D eigenvalue weighted by atomic mass is 10.1. The van der Waals surface area contributed by atoms with E-state index in [9.17, 15) is 19.2 Å². The Balaban J connectivity index is 1.61. The molecule has 0 saturated carbocycles. The first-order valence-electron chi connectivity index (χ1n) is 8.44. The number of nitrogens with one attached hydrogen (secondary N) is 3. The number of hydrazone groups is 1. The number of hydrogen-bond acceptors (Lipinski definition) is 6. The number of carboxylic acid groups (broad SMARTS) is 1. The van der Waals surface area contributed by atoms with Gasteiger partial charge in [0, 0.05) is 33.4 Å². The Labute approximate surface area is 178 Å². The normalized spacial score (nSPS) is 13.6. The van der Waals surface area contributed by atoms with E-state index in [1.165, 1.54) is 0 Å². The Morgan fingerprint density at radius 1 is 1.10 bits per heavy atom. The summed E-state index contributed by atoms with van der Waals surface area (Å²) in [5.41, 5.74) is 4.72. The van der Waals surface area contributed by atoms with Crippen LogP contribution >= 0.6 is 22.6 Å². The second-order valence-electron chi connectivity index (χ2n) is 6.03. The fourth-order valence-electron chi connectivity index (χ4n) is 2.57. The van der Waals surface area contributed by atoms with Crippen molar-refractivity contribution in [3.63, 3.8) is 0 Å². The lowest BCUT2D eigenvalue weighted by Crippen LogP contribution is -2.23. The zero-order valence-electron chi connectivity index (χ0n) is 14.9. The van der Waals surface area contributed by atoms with Gasteiger partial charge in [-0.05, 0) is 65.1 Å². The van der Waals surface area contributed by atoms with Gasteiger partial charge in [-0.2, -0.15) is 5.10 Å². The molecule has 0 fully saturated rings. The van der Waals surface area contributed by atoms with Crippen LogP contribution in [0.1, 0.15) is 22.3 Å². The van der Waals surface area contributed by atoms with Crippen LogP contribution in [0.15, 0.2) is 47.6 Å². The summed E-state index contributed by atoms with van der Waals surface area (Å²) >= 11 is 2.13. The van der Waals surface area contributed by atoms with Crippen LogP contribution in [0.2, 0.25) is 0 Å². The smallest absolute Gasteiger partial charge is 0.372 e. The largest absolute Gasteiger partial charge is 0.476 e. The maximum Gasteiger partial charge on any atom is 0.372 e. The quantitative estimate of drug-likeness (QED) is 0.257. The van der Waals surface area contributed by atoms with Gasteiger partial charge in [0.2, 0.25) is 5.78 Å². The number of aliphatic carboxylic acids is 1. The molecule has 0 radical (unpaired) electrons. The van der Waals surface area contributed by atoms with E-state index < -0.39 is 23.6 Å². The number of halogens is 1. The predicted octanol–water partition coefficient (Wildman–Crippen LogP) is 1.83. The van der Waals surface area contributed by atoms with E-state index in [0.717, 1.165) is 3.57 Å². The average Bonchev–Trinajstić information content (AvgIpc) is 3.00. The lowest BCUT2D eigenvalue weighted by Gasteiger charge is -2.06. The number of carbonyl (C=O) groups is 4. The number of nitrogens with zero attached hydrogens (tertiary/aromatic N) is 1. The molecule has 2 aromatic rings. The van der Waals surface area contributed by atoms with Gasteiger partial charge in [-0.15, -0.1) is 0 Å². The number of amides is 2. The summed E-state index contributed by atoms with van der Waals surface area (Å²) in [6.45, 7) is 0.164. The van der Waals surface area contributed by atoms with Crippen molar-refractivity contribution in [1.29, 1.82) is 0 Å². The molecular weight excluding hydrogens is 491 g/mol. The maximum atomic E-state index is 12.3. The summed E-state index contributed by atoms with van der Waals surface area (Å²) in [7, 11) is 0. The minimum Gasteiger partial charge on any atom is -0.476 e. The summed E-state index contributed by atoms with van der Waals surface area (Å²) in [4.78, 5) is 45.9. The van der Waals surface area contributed by atoms with E-state index in [1.54, 1.807) is 36.4 Å². The molecule has 1 aliphatic rings. The molecule has 9 nitrogen and oxygen atoms in total. The molecular formula is C19H15IN4O5. The molecule has 0 spiro atoms. The van der Waals surface area contributed by atoms with E-state index >= 15 is 0 Å². The van der Waals surface area contributed by atoms with Gasteiger partial charge in [0.25, 0.3) is 11.8 Å². The van der Waals surface area contributed by atoms with Crippen molar-refractivity contribution in [2.24, 2.45) is 5.10 Å². The van der Waals surface area contributed by atoms with Gasteiger partial charge >= 0.3 is 5.97 Å². The highest BCUT2D eigenvalue weighted by atomic mass is 127. The fourth-order valence-corrected chi connectivity index (χ4v) is 3.07. The zero-order chi connectivity index (χ0) is 21.0. The first kappa shape index (κ1) is 20.5. The molecule has 29 heavy (non-hydrogen) atoms. The third-order valence-corrected chi connectivity index (χ3v) is 4.71. The Bertz CT molecular complexity index is 1030. The number of carboxylic acids is 1. The molecule has 0 bridgehead atoms. The molecule has 0 saturated heterocycles. The number of benzene rings is 2. The number of carbonyl (C=O) groups excluding carboxylic acids is 3. The number of hydrogen-bond donors (Lipinski definition) is 4. The predicted molar refractivity (Wildman–Crippen MR) is 114 cm³/mol. The van der Waals surface area contributed by atoms with E-state index in [4.69, 9.17) is 5.11 Å². The van der Waals surface area contributed by atoms with E-state index in [-0.39, 0.29) is 18.7 Å². The minimum absolute atomic E-state index is 0.133. The van der Waals surface area contributed by atoms with Gasteiger partial charge in [0.15, 0.2) is 5.71 Å². The summed E-state index contributed by atoms with van der Waals surface area (Å²) in [5, 5.41) is 18.1. The second kappa shape index (κ2) is 8.82. The highest BCUT2D eigenvalue weighted by Gasteiger charge is 2.26. The average molecular weight is 506 g/mol. The van der Waals surface area contributed by atoms with Crippen LogP contribution in [0.25, 0.3) is 0 Å². The summed E-state index contributed by atoms with van der Waals surface area (Å²) in [6, 6.07) is 11.8. The molecule has 2 aromatic carbocycles. The summed E-state index contributed by atoms with van der Waals surface area (Å²) < 4.78 is 0.935. The van der Waals surface area contributed by atoms with Gasteiger partial charge in [-0.1, -0.05) is 0 Å². The van der Waals surface area contributed by atoms with Crippen LogP contribution in [-0.4, -0.2) is 40.9 Å². The van der Waals surface area contributed by atoms with Crippen molar-refractivity contribution >= 4 is 63.2 Å². The topological polar surface area (TPSA) is 137 Å². The molecule has 1 heterocycles. The van der Waals surface area contributed by atoms with Crippen molar-refractivity contribution in [2.45, 2.75) is 6.42 Å². The van der Waals surface area contributed by atoms with E-state index in [1.807, 2.05) is 6.07 Å². The number of fused-ring (bicyclic) bond motifs is 1. The summed E-state index contributed by atoms with van der Waals surface area (Å²) in [5.74, 6) is -3.22. The molecule has 10 heteroatoms. The van der Waals surface area contributed by atoms with Crippen molar-refractivity contribution in [3.05, 3.63) is 57.2 Å². The minimum atomic E-state index is -1.46. The number of anilines is 2. The highest BCUT2D eigenvalue weighted by Crippen LogP contribution is 2.25. The van der Waals surface area contributed by atoms with E-state index in [0.29, 0.717) is 22.5 Å². The van der Waals surface area contributed by atoms with Gasteiger partial charge in [-0.3, -0.25) is 14.4 Å². The molecule has 0 aliphatic carbocycles. The first-order chi connectivity index (χ1) is 13.8. The molecule has 3 rings (SSSR count). The molecule has 2 amide bonds. The second-order valence-corrected chi connectivity index (χ2v) is 7.27. The van der Waals surface area contributed by atoms with Crippen molar-refractivity contribution in [3.8, 4) is 0 Å². The highest BCUT2D eigenvalue weighted by molar-refractivity contribution is 14.1. The monoisotopic (exact) mass is 506 g/mol. The zero-order valence-corrected chi connectivity index (χ0v) is 17.0. The van der Waals surface area contributed by atoms with Crippen LogP contribution in [-0.2, 0) is 14.4 Å². The molecule has 4 N–H and O–H groups in total. The van der Waals surface area contributed by atoms with Gasteiger partial charge < -0.3 is 15.7 Å². The maximum absolute atomic E-state index is 12.3. The Morgan fingerprint density at radius 3 is 2.52 bits per heavy atom. The van der Waals surface area contributed by atoms with Crippen LogP contribution in [0.3, 0.4) is 0 Å². The molecule has 0 unspecified atom stereocenters. The molecule has 0 atom stereocenters. The number of Topliss-reactive ketones (excluding diaryl/α,β-unsaturated/α-hetero) is 1. The Morgan fingerprint density at radius 2 is 1.83 bits per heavy atom. The van der Waals surface area contributed by atoms with E-state index in [2.05, 4.69) is 43.8 Å². The van der Waals surface area contributed by atoms with Gasteiger partial charge in [-0.25, -0.2) is 10.2 Å². The molecule has 0 aromatic heterocycles. The Hall–Kier alpha value is -3.28. The van der Waals surface area contributed by atoms with Gasteiger partial charge in [0.05, 0.1) is 5.69 Å². The van der Waals surface area contributed by atoms with Crippen molar-refractivity contribution in [2.75, 3.05) is 17.2 Å². The number of rotatable bonds is 7. The fraction of sp³-hybridized carbons (Fsp3) is 0.105. The van der Waals surface area contributed by atoms with Crippen molar-refractivity contribution in [1.82, 2.24) is 5.43 Å². The number of ketones is 1. The SMILES string of the molecule is O=C(O)C(=O)CCNc1ccc(C(=O)N/N=C2\C(=O)Nc3ccc(I)cc32)cc1. The van der Waals surface area contributed by atoms with Gasteiger partial charge in [0.1, 0.15) is 0 Å². The molecule has 148 valence electrons.